The zero-order chi connectivity index (χ0) is 20.3. The number of nitrogens with one attached hydrogen (secondary N) is 2. The fraction of sp³-hybridized carbons (Fsp3) is 0.130. The molecule has 0 radical (unpaired) electrons. The maximum Gasteiger partial charge on any atom is 0.255 e. The van der Waals surface area contributed by atoms with E-state index < -0.39 is 0 Å². The number of amides is 2. The quantitative estimate of drug-likeness (QED) is 0.542. The van der Waals surface area contributed by atoms with E-state index in [1.165, 1.54) is 0 Å². The zero-order valence-corrected chi connectivity index (χ0v) is 15.8. The van der Waals surface area contributed by atoms with Crippen molar-refractivity contribution in [2.24, 2.45) is 0 Å². The van der Waals surface area contributed by atoms with Crippen LogP contribution in [0.15, 0.2) is 84.9 Å². The van der Waals surface area contributed by atoms with Gasteiger partial charge in [-0.05, 0) is 36.4 Å². The maximum absolute atomic E-state index is 12.4. The smallest absolute Gasteiger partial charge is 0.255 e. The fourth-order valence-corrected chi connectivity index (χ4v) is 2.57. The van der Waals surface area contributed by atoms with Gasteiger partial charge >= 0.3 is 0 Å². The van der Waals surface area contributed by atoms with E-state index in [1.54, 1.807) is 48.5 Å². The average Bonchev–Trinajstić information content (AvgIpc) is 2.76. The summed E-state index contributed by atoms with van der Waals surface area (Å²) >= 11 is 0. The van der Waals surface area contributed by atoms with Crippen LogP contribution < -0.4 is 15.4 Å². The number of ether oxygens (including phenoxy) is 2. The molecule has 0 aliphatic rings. The Labute approximate surface area is 169 Å². The molecule has 6 nitrogen and oxygen atoms in total. The van der Waals surface area contributed by atoms with Crippen LogP contribution in [-0.2, 0) is 9.53 Å². The van der Waals surface area contributed by atoms with Crippen LogP contribution in [0.1, 0.15) is 10.4 Å². The highest BCUT2D eigenvalue weighted by Gasteiger charge is 2.10. The molecular weight excluding hydrogens is 368 g/mol. The average molecular weight is 390 g/mol. The van der Waals surface area contributed by atoms with Crippen LogP contribution in [0.5, 0.6) is 5.75 Å². The first-order chi connectivity index (χ1) is 14.2. The minimum atomic E-state index is -0.314. The van der Waals surface area contributed by atoms with Crippen LogP contribution >= 0.6 is 0 Å². The molecule has 0 aliphatic carbocycles. The van der Waals surface area contributed by atoms with Crippen LogP contribution in [0.25, 0.3) is 0 Å². The third-order valence-corrected chi connectivity index (χ3v) is 3.96. The minimum Gasteiger partial charge on any atom is -0.491 e. The molecule has 3 aromatic carbocycles. The van der Waals surface area contributed by atoms with Crippen LogP contribution in [0, 0.1) is 0 Å². The highest BCUT2D eigenvalue weighted by atomic mass is 16.5. The summed E-state index contributed by atoms with van der Waals surface area (Å²) in [7, 11) is 0. The van der Waals surface area contributed by atoms with Gasteiger partial charge in [-0.15, -0.1) is 0 Å². The van der Waals surface area contributed by atoms with E-state index in [-0.39, 0.29) is 25.0 Å². The summed E-state index contributed by atoms with van der Waals surface area (Å²) in [6.45, 7) is 0.523. The molecule has 2 N–H and O–H groups in total. The zero-order valence-electron chi connectivity index (χ0n) is 15.8. The molecule has 0 bridgehead atoms. The van der Waals surface area contributed by atoms with Crippen LogP contribution in [0.4, 0.5) is 11.4 Å². The number of anilines is 2. The van der Waals surface area contributed by atoms with Gasteiger partial charge < -0.3 is 20.1 Å². The predicted octanol–water partition coefficient (Wildman–Crippen LogP) is 3.97. The van der Waals surface area contributed by atoms with Gasteiger partial charge in [-0.2, -0.15) is 0 Å². The van der Waals surface area contributed by atoms with E-state index in [0.29, 0.717) is 23.5 Å². The Morgan fingerprint density at radius 2 is 1.28 bits per heavy atom. The van der Waals surface area contributed by atoms with Crippen LogP contribution in [0.3, 0.4) is 0 Å². The van der Waals surface area contributed by atoms with E-state index in [1.807, 2.05) is 36.4 Å². The van der Waals surface area contributed by atoms with E-state index >= 15 is 0 Å². The Balaban J connectivity index is 1.46. The second-order valence-electron chi connectivity index (χ2n) is 6.13. The van der Waals surface area contributed by atoms with Crippen molar-refractivity contribution >= 4 is 23.2 Å². The summed E-state index contributed by atoms with van der Waals surface area (Å²) in [6.07, 6.45) is 0. The first-order valence-electron chi connectivity index (χ1n) is 9.23. The van der Waals surface area contributed by atoms with Crippen molar-refractivity contribution in [2.75, 3.05) is 30.5 Å². The van der Waals surface area contributed by atoms with E-state index in [9.17, 15) is 9.59 Å². The Morgan fingerprint density at radius 1 is 0.690 bits per heavy atom. The van der Waals surface area contributed by atoms with Gasteiger partial charge in [0.1, 0.15) is 19.0 Å². The standard InChI is InChI=1S/C23H22N2O4/c26-22(17-28-15-16-29-19-11-5-2-6-12-19)24-20-13-7-8-14-21(20)25-23(27)18-9-3-1-4-10-18/h1-14H,15-17H2,(H,24,26)(H,25,27). The topological polar surface area (TPSA) is 76.7 Å². The maximum atomic E-state index is 12.4. The van der Waals surface area contributed by atoms with Crippen molar-refractivity contribution < 1.29 is 19.1 Å². The molecule has 0 aliphatic heterocycles. The molecule has 0 saturated heterocycles. The van der Waals surface area contributed by atoms with Crippen LogP contribution in [-0.4, -0.2) is 31.6 Å². The molecule has 0 saturated carbocycles. The molecule has 148 valence electrons. The highest BCUT2D eigenvalue weighted by Crippen LogP contribution is 2.21. The van der Waals surface area contributed by atoms with Crippen molar-refractivity contribution in [3.8, 4) is 5.75 Å². The molecule has 0 fully saturated rings. The van der Waals surface area contributed by atoms with Gasteiger partial charge in [0.05, 0.1) is 18.0 Å². The van der Waals surface area contributed by atoms with Gasteiger partial charge in [-0.1, -0.05) is 48.5 Å². The lowest BCUT2D eigenvalue weighted by atomic mass is 10.2. The van der Waals surface area contributed by atoms with Gasteiger partial charge in [0, 0.05) is 5.56 Å². The van der Waals surface area contributed by atoms with E-state index in [0.717, 1.165) is 5.75 Å². The number of hydrogen-bond acceptors (Lipinski definition) is 4. The molecule has 6 heteroatoms. The van der Waals surface area contributed by atoms with Crippen molar-refractivity contribution in [1.82, 2.24) is 0 Å². The largest absolute Gasteiger partial charge is 0.491 e. The fourth-order valence-electron chi connectivity index (χ4n) is 2.57. The summed E-state index contributed by atoms with van der Waals surface area (Å²) < 4.78 is 10.9. The van der Waals surface area contributed by atoms with Gasteiger partial charge in [0.2, 0.25) is 5.91 Å². The molecule has 0 aromatic heterocycles. The van der Waals surface area contributed by atoms with Crippen LogP contribution in [0.2, 0.25) is 0 Å². The Kier molecular flexibility index (Phi) is 7.37. The lowest BCUT2D eigenvalue weighted by molar-refractivity contribution is -0.120. The predicted molar refractivity (Wildman–Crippen MR) is 112 cm³/mol. The second-order valence-corrected chi connectivity index (χ2v) is 6.13. The lowest BCUT2D eigenvalue weighted by Gasteiger charge is -2.12. The minimum absolute atomic E-state index is 0.112. The second kappa shape index (κ2) is 10.6. The molecule has 29 heavy (non-hydrogen) atoms. The van der Waals surface area contributed by atoms with Gasteiger partial charge in [-0.3, -0.25) is 9.59 Å². The summed E-state index contributed by atoms with van der Waals surface area (Å²) in [6, 6.07) is 25.3. The van der Waals surface area contributed by atoms with Gasteiger partial charge in [0.25, 0.3) is 5.91 Å². The molecular formula is C23H22N2O4. The molecule has 3 rings (SSSR count). The summed E-state index contributed by atoms with van der Waals surface area (Å²) in [5.41, 5.74) is 1.56. The Morgan fingerprint density at radius 3 is 1.97 bits per heavy atom. The van der Waals surface area contributed by atoms with Crippen molar-refractivity contribution in [3.63, 3.8) is 0 Å². The molecule has 3 aromatic rings. The van der Waals surface area contributed by atoms with Crippen molar-refractivity contribution in [2.45, 2.75) is 0 Å². The molecule has 0 unspecified atom stereocenters. The van der Waals surface area contributed by atoms with Crippen molar-refractivity contribution in [3.05, 3.63) is 90.5 Å². The number of benzene rings is 3. The van der Waals surface area contributed by atoms with E-state index in [4.69, 9.17) is 9.47 Å². The number of carbonyl (C=O) groups is 2. The monoisotopic (exact) mass is 390 g/mol. The van der Waals surface area contributed by atoms with Gasteiger partial charge in [-0.25, -0.2) is 0 Å². The number of rotatable bonds is 9. The number of hydrogen-bond donors (Lipinski definition) is 2. The Hall–Kier alpha value is -3.64. The van der Waals surface area contributed by atoms with E-state index in [2.05, 4.69) is 10.6 Å². The highest BCUT2D eigenvalue weighted by molar-refractivity contribution is 6.07. The first-order valence-corrected chi connectivity index (χ1v) is 9.23. The third-order valence-electron chi connectivity index (χ3n) is 3.96. The lowest BCUT2D eigenvalue weighted by Crippen LogP contribution is -2.21. The number of para-hydroxylation sites is 3. The molecule has 0 heterocycles. The van der Waals surface area contributed by atoms with Crippen molar-refractivity contribution in [1.29, 1.82) is 0 Å². The normalized spacial score (nSPS) is 10.2. The SMILES string of the molecule is O=C(COCCOc1ccccc1)Nc1ccccc1NC(=O)c1ccccc1. The number of carbonyl (C=O) groups excluding carboxylic acids is 2. The molecule has 0 spiro atoms. The summed E-state index contributed by atoms with van der Waals surface area (Å²) in [4.78, 5) is 24.5. The third kappa shape index (κ3) is 6.48. The van der Waals surface area contributed by atoms with Gasteiger partial charge in [0.15, 0.2) is 0 Å². The summed E-state index contributed by atoms with van der Waals surface area (Å²) in [5.74, 6) is 0.191. The Bertz CT molecular complexity index is 930. The first kappa shape index (κ1) is 20.1. The molecule has 2 amide bonds. The summed E-state index contributed by atoms with van der Waals surface area (Å²) in [5, 5.41) is 5.57. The molecule has 0 atom stereocenters.